The molecule has 0 fully saturated rings. The van der Waals surface area contributed by atoms with Gasteiger partial charge in [0.1, 0.15) is 11.6 Å². The smallest absolute Gasteiger partial charge is 0.226 e. The van der Waals surface area contributed by atoms with Gasteiger partial charge in [0.15, 0.2) is 0 Å². The van der Waals surface area contributed by atoms with Crippen molar-refractivity contribution in [3.8, 4) is 5.75 Å². The summed E-state index contributed by atoms with van der Waals surface area (Å²) in [5.74, 6) is 1.90. The predicted molar refractivity (Wildman–Crippen MR) is 92.6 cm³/mol. The van der Waals surface area contributed by atoms with Gasteiger partial charge in [-0.05, 0) is 17.2 Å². The maximum absolute atomic E-state index is 12.3. The van der Waals surface area contributed by atoms with Gasteiger partial charge in [-0.25, -0.2) is 0 Å². The standard InChI is InChI=1S/C19H23N3O2/c1-19(2,3)17-16-13(10-15(23)20-18(16)22(4)21-17)11-5-6-14-12(9-11)7-8-24-14/h5-6,9,13H,7-8,10H2,1-4H3,(H,20,23). The van der Waals surface area contributed by atoms with Crippen molar-refractivity contribution in [1.29, 1.82) is 0 Å². The molecule has 0 saturated carbocycles. The van der Waals surface area contributed by atoms with Gasteiger partial charge in [-0.15, -0.1) is 0 Å². The molecule has 3 heterocycles. The summed E-state index contributed by atoms with van der Waals surface area (Å²) in [6.45, 7) is 7.24. The van der Waals surface area contributed by atoms with Crippen molar-refractivity contribution in [2.75, 3.05) is 11.9 Å². The van der Waals surface area contributed by atoms with E-state index >= 15 is 0 Å². The Labute approximate surface area is 142 Å². The fourth-order valence-electron chi connectivity index (χ4n) is 3.75. The second-order valence-corrected chi connectivity index (χ2v) is 7.76. The first-order valence-electron chi connectivity index (χ1n) is 8.47. The molecule has 5 nitrogen and oxygen atoms in total. The number of benzene rings is 1. The van der Waals surface area contributed by atoms with Gasteiger partial charge in [-0.2, -0.15) is 5.10 Å². The number of hydrogen-bond acceptors (Lipinski definition) is 3. The van der Waals surface area contributed by atoms with Gasteiger partial charge in [0.05, 0.1) is 12.3 Å². The van der Waals surface area contributed by atoms with Crippen LogP contribution in [0.5, 0.6) is 5.75 Å². The summed E-state index contributed by atoms with van der Waals surface area (Å²) in [6.07, 6.45) is 1.40. The normalized spacial score (nSPS) is 19.5. The van der Waals surface area contributed by atoms with Crippen molar-refractivity contribution in [2.24, 2.45) is 7.05 Å². The van der Waals surface area contributed by atoms with Gasteiger partial charge in [0.25, 0.3) is 0 Å². The molecule has 2 aliphatic heterocycles. The highest BCUT2D eigenvalue weighted by Gasteiger charge is 2.36. The van der Waals surface area contributed by atoms with E-state index in [-0.39, 0.29) is 17.2 Å². The van der Waals surface area contributed by atoms with Crippen LogP contribution in [0.1, 0.15) is 55.5 Å². The molecule has 0 radical (unpaired) electrons. The van der Waals surface area contributed by atoms with Gasteiger partial charge >= 0.3 is 0 Å². The Balaban J connectivity index is 1.88. The largest absolute Gasteiger partial charge is 0.493 e. The van der Waals surface area contributed by atoms with Crippen LogP contribution in [0.2, 0.25) is 0 Å². The molecule has 0 spiro atoms. The first-order chi connectivity index (χ1) is 11.3. The SMILES string of the molecule is Cn1nc(C(C)(C)C)c2c1NC(=O)CC2c1ccc2c(c1)CCO2. The van der Waals surface area contributed by atoms with Gasteiger partial charge < -0.3 is 10.1 Å². The third-order valence-electron chi connectivity index (χ3n) is 4.91. The lowest BCUT2D eigenvalue weighted by Crippen LogP contribution is -2.26. The Hall–Kier alpha value is -2.30. The van der Waals surface area contributed by atoms with E-state index < -0.39 is 0 Å². The van der Waals surface area contributed by atoms with Crippen LogP contribution in [0.4, 0.5) is 5.82 Å². The summed E-state index contributed by atoms with van der Waals surface area (Å²) in [6, 6.07) is 6.34. The molecule has 2 aromatic rings. The van der Waals surface area contributed by atoms with E-state index in [1.54, 1.807) is 4.68 Å². The second kappa shape index (κ2) is 5.10. The van der Waals surface area contributed by atoms with Crippen LogP contribution in [0.25, 0.3) is 0 Å². The lowest BCUT2D eigenvalue weighted by molar-refractivity contribution is -0.116. The fourth-order valence-corrected chi connectivity index (χ4v) is 3.75. The van der Waals surface area contributed by atoms with E-state index in [0.717, 1.165) is 35.9 Å². The topological polar surface area (TPSA) is 56.2 Å². The van der Waals surface area contributed by atoms with Crippen LogP contribution in [0, 0.1) is 0 Å². The van der Waals surface area contributed by atoms with E-state index in [1.165, 1.54) is 11.1 Å². The molecule has 1 amide bonds. The van der Waals surface area contributed by atoms with Crippen molar-refractivity contribution in [1.82, 2.24) is 9.78 Å². The van der Waals surface area contributed by atoms with Gasteiger partial charge in [-0.1, -0.05) is 32.9 Å². The molecule has 2 aliphatic rings. The number of nitrogens with zero attached hydrogens (tertiary/aromatic N) is 2. The minimum atomic E-state index is -0.0779. The Bertz CT molecular complexity index is 830. The monoisotopic (exact) mass is 325 g/mol. The van der Waals surface area contributed by atoms with E-state index in [9.17, 15) is 4.79 Å². The van der Waals surface area contributed by atoms with Crippen molar-refractivity contribution >= 4 is 11.7 Å². The number of ether oxygens (including phenoxy) is 1. The molecular formula is C19H23N3O2. The van der Waals surface area contributed by atoms with Crippen LogP contribution in [-0.4, -0.2) is 22.3 Å². The summed E-state index contributed by atoms with van der Waals surface area (Å²) in [5, 5.41) is 7.73. The van der Waals surface area contributed by atoms with E-state index in [1.807, 2.05) is 13.1 Å². The zero-order valence-corrected chi connectivity index (χ0v) is 14.6. The predicted octanol–water partition coefficient (Wildman–Crippen LogP) is 3.13. The van der Waals surface area contributed by atoms with Gasteiger partial charge in [0, 0.05) is 36.8 Å². The molecule has 1 aromatic carbocycles. The lowest BCUT2D eigenvalue weighted by Gasteiger charge is -2.27. The summed E-state index contributed by atoms with van der Waals surface area (Å²) >= 11 is 0. The molecule has 1 atom stereocenters. The number of anilines is 1. The maximum Gasteiger partial charge on any atom is 0.226 e. The number of aryl methyl sites for hydroxylation is 1. The Morgan fingerprint density at radius 3 is 2.88 bits per heavy atom. The quantitative estimate of drug-likeness (QED) is 0.876. The lowest BCUT2D eigenvalue weighted by atomic mass is 9.79. The molecule has 1 N–H and O–H groups in total. The van der Waals surface area contributed by atoms with Crippen LogP contribution >= 0.6 is 0 Å². The van der Waals surface area contributed by atoms with Gasteiger partial charge in [0.2, 0.25) is 5.91 Å². The number of nitrogens with one attached hydrogen (secondary N) is 1. The fraction of sp³-hybridized carbons (Fsp3) is 0.474. The number of carbonyl (C=O) groups excluding carboxylic acids is 1. The van der Waals surface area contributed by atoms with Crippen LogP contribution in [-0.2, 0) is 23.7 Å². The summed E-state index contributed by atoms with van der Waals surface area (Å²) in [4.78, 5) is 12.3. The Morgan fingerprint density at radius 2 is 2.12 bits per heavy atom. The third-order valence-corrected chi connectivity index (χ3v) is 4.91. The Kier molecular flexibility index (Phi) is 3.24. The van der Waals surface area contributed by atoms with Crippen LogP contribution < -0.4 is 10.1 Å². The number of hydrogen-bond donors (Lipinski definition) is 1. The number of rotatable bonds is 1. The average Bonchev–Trinajstić information content (AvgIpc) is 3.10. The zero-order chi connectivity index (χ0) is 17.1. The molecule has 24 heavy (non-hydrogen) atoms. The highest BCUT2D eigenvalue weighted by Crippen LogP contribution is 2.43. The molecule has 1 unspecified atom stereocenters. The first-order valence-corrected chi connectivity index (χ1v) is 8.47. The van der Waals surface area contributed by atoms with E-state index in [4.69, 9.17) is 9.84 Å². The number of amides is 1. The third kappa shape index (κ3) is 2.30. The average molecular weight is 325 g/mol. The maximum atomic E-state index is 12.3. The second-order valence-electron chi connectivity index (χ2n) is 7.76. The van der Waals surface area contributed by atoms with Crippen molar-refractivity contribution in [3.05, 3.63) is 40.6 Å². The van der Waals surface area contributed by atoms with Crippen molar-refractivity contribution in [2.45, 2.75) is 44.9 Å². The minimum Gasteiger partial charge on any atom is -0.493 e. The summed E-state index contributed by atoms with van der Waals surface area (Å²) in [5.41, 5.74) is 4.55. The Morgan fingerprint density at radius 1 is 1.33 bits per heavy atom. The molecule has 5 heteroatoms. The molecule has 0 aliphatic carbocycles. The van der Waals surface area contributed by atoms with Gasteiger partial charge in [-0.3, -0.25) is 9.48 Å². The van der Waals surface area contributed by atoms with E-state index in [0.29, 0.717) is 6.42 Å². The van der Waals surface area contributed by atoms with Crippen LogP contribution in [0.15, 0.2) is 18.2 Å². The first kappa shape index (κ1) is 15.2. The molecule has 126 valence electrons. The van der Waals surface area contributed by atoms with E-state index in [2.05, 4.69) is 38.2 Å². The molecule has 0 bridgehead atoms. The minimum absolute atomic E-state index is 0.0441. The number of carbonyl (C=O) groups is 1. The summed E-state index contributed by atoms with van der Waals surface area (Å²) < 4.78 is 7.42. The van der Waals surface area contributed by atoms with Crippen LogP contribution in [0.3, 0.4) is 0 Å². The molecule has 0 saturated heterocycles. The van der Waals surface area contributed by atoms with Crippen molar-refractivity contribution in [3.63, 3.8) is 0 Å². The zero-order valence-electron chi connectivity index (χ0n) is 14.6. The molecular weight excluding hydrogens is 302 g/mol. The molecule has 1 aromatic heterocycles. The molecule has 4 rings (SSSR count). The highest BCUT2D eigenvalue weighted by atomic mass is 16.5. The number of aromatic nitrogens is 2. The summed E-state index contributed by atoms with van der Waals surface area (Å²) in [7, 11) is 1.90. The van der Waals surface area contributed by atoms with Crippen molar-refractivity contribution < 1.29 is 9.53 Å². The number of fused-ring (bicyclic) bond motifs is 2. The highest BCUT2D eigenvalue weighted by molar-refractivity contribution is 5.94.